The van der Waals surface area contributed by atoms with Gasteiger partial charge in [-0.15, -0.1) is 11.8 Å². The minimum atomic E-state index is 0.0791. The lowest BCUT2D eigenvalue weighted by Gasteiger charge is -2.12. The number of rotatable bonds is 5. The van der Waals surface area contributed by atoms with Gasteiger partial charge in [0.25, 0.3) is 0 Å². The Morgan fingerprint density at radius 3 is 3.00 bits per heavy atom. The largest absolute Gasteiger partial charge is 0.488 e. The lowest BCUT2D eigenvalue weighted by molar-refractivity contribution is -0.118. The quantitative estimate of drug-likeness (QED) is 0.887. The summed E-state index contributed by atoms with van der Waals surface area (Å²) in [5, 5.41) is 3.42. The highest BCUT2D eigenvalue weighted by atomic mass is 32.2. The Balaban J connectivity index is 1.72. The fourth-order valence-corrected chi connectivity index (χ4v) is 2.48. The van der Waals surface area contributed by atoms with Gasteiger partial charge in [0.1, 0.15) is 11.9 Å². The van der Waals surface area contributed by atoms with Crippen LogP contribution in [-0.2, 0) is 11.2 Å². The molecule has 1 N–H and O–H groups in total. The molecular formula is C14H19NO2S. The maximum Gasteiger partial charge on any atom is 0.230 e. The topological polar surface area (TPSA) is 38.3 Å². The average molecular weight is 265 g/mol. The standard InChI is InChI=1S/C14H19NO2S/c1-10(2)18-9-14(16)15-8-12-7-11-5-3-4-6-13(11)17-12/h3-6,10,12H,7-9H2,1-2H3,(H,15,16)/t12-/m0/s1. The molecule has 3 nitrogen and oxygen atoms in total. The van der Waals surface area contributed by atoms with E-state index in [0.717, 1.165) is 12.2 Å². The van der Waals surface area contributed by atoms with Crippen LogP contribution < -0.4 is 10.1 Å². The summed E-state index contributed by atoms with van der Waals surface area (Å²) in [5.74, 6) is 1.57. The van der Waals surface area contributed by atoms with Gasteiger partial charge in [-0.25, -0.2) is 0 Å². The van der Waals surface area contributed by atoms with E-state index in [2.05, 4.69) is 25.2 Å². The number of carbonyl (C=O) groups excluding carboxylic acids is 1. The van der Waals surface area contributed by atoms with Crippen LogP contribution in [-0.4, -0.2) is 29.6 Å². The van der Waals surface area contributed by atoms with E-state index in [1.165, 1.54) is 5.56 Å². The van der Waals surface area contributed by atoms with Gasteiger partial charge >= 0.3 is 0 Å². The number of amides is 1. The van der Waals surface area contributed by atoms with Crippen LogP contribution in [0, 0.1) is 0 Å². The second-order valence-electron chi connectivity index (χ2n) is 4.72. The molecule has 0 radical (unpaired) electrons. The third kappa shape index (κ3) is 3.67. The van der Waals surface area contributed by atoms with Crippen molar-refractivity contribution in [1.29, 1.82) is 0 Å². The second kappa shape index (κ2) is 6.14. The van der Waals surface area contributed by atoms with Crippen molar-refractivity contribution in [3.63, 3.8) is 0 Å². The number of nitrogens with one attached hydrogen (secondary N) is 1. The molecule has 4 heteroatoms. The Labute approximate surface area is 112 Å². The zero-order valence-electron chi connectivity index (χ0n) is 10.8. The predicted molar refractivity (Wildman–Crippen MR) is 75.2 cm³/mol. The Morgan fingerprint density at radius 2 is 2.28 bits per heavy atom. The average Bonchev–Trinajstić information content (AvgIpc) is 2.76. The van der Waals surface area contributed by atoms with Crippen LogP contribution in [0.25, 0.3) is 0 Å². The van der Waals surface area contributed by atoms with Crippen LogP contribution in [0.2, 0.25) is 0 Å². The second-order valence-corrected chi connectivity index (χ2v) is 6.28. The van der Waals surface area contributed by atoms with Crippen LogP contribution in [0.1, 0.15) is 19.4 Å². The summed E-state index contributed by atoms with van der Waals surface area (Å²) in [6.45, 7) is 4.77. The third-order valence-electron chi connectivity index (χ3n) is 2.79. The van der Waals surface area contributed by atoms with Crippen molar-refractivity contribution in [2.45, 2.75) is 31.6 Å². The van der Waals surface area contributed by atoms with Crippen molar-refractivity contribution in [2.24, 2.45) is 0 Å². The van der Waals surface area contributed by atoms with Gasteiger partial charge in [0, 0.05) is 6.42 Å². The molecule has 1 aromatic rings. The van der Waals surface area contributed by atoms with Crippen LogP contribution in [0.15, 0.2) is 24.3 Å². The molecule has 0 aliphatic carbocycles. The normalized spacial score (nSPS) is 17.4. The zero-order chi connectivity index (χ0) is 13.0. The fraction of sp³-hybridized carbons (Fsp3) is 0.500. The summed E-state index contributed by atoms with van der Waals surface area (Å²) in [6, 6.07) is 8.04. The van der Waals surface area contributed by atoms with Gasteiger partial charge in [-0.2, -0.15) is 0 Å². The van der Waals surface area contributed by atoms with Crippen LogP contribution >= 0.6 is 11.8 Å². The number of thioether (sulfide) groups is 1. The Morgan fingerprint density at radius 1 is 1.50 bits per heavy atom. The van der Waals surface area contributed by atoms with E-state index >= 15 is 0 Å². The van der Waals surface area contributed by atoms with Crippen molar-refractivity contribution < 1.29 is 9.53 Å². The summed E-state index contributed by atoms with van der Waals surface area (Å²) in [6.07, 6.45) is 0.962. The highest BCUT2D eigenvalue weighted by Crippen LogP contribution is 2.27. The Kier molecular flexibility index (Phi) is 4.53. The molecule has 0 unspecified atom stereocenters. The maximum absolute atomic E-state index is 11.6. The third-order valence-corrected chi connectivity index (χ3v) is 3.88. The van der Waals surface area contributed by atoms with Gasteiger partial charge in [-0.05, 0) is 16.9 Å². The SMILES string of the molecule is CC(C)SCC(=O)NC[C@@H]1Cc2ccccc2O1. The molecule has 1 atom stereocenters. The molecule has 0 bridgehead atoms. The molecule has 0 fully saturated rings. The molecular weight excluding hydrogens is 246 g/mol. The first kappa shape index (κ1) is 13.3. The van der Waals surface area contributed by atoms with Gasteiger partial charge in [0.05, 0.1) is 12.3 Å². The summed E-state index contributed by atoms with van der Waals surface area (Å²) < 4.78 is 5.76. The van der Waals surface area contributed by atoms with E-state index in [4.69, 9.17) is 4.74 Å². The number of carbonyl (C=O) groups is 1. The minimum Gasteiger partial charge on any atom is -0.488 e. The van der Waals surface area contributed by atoms with Crippen molar-refractivity contribution in [2.75, 3.05) is 12.3 Å². The van der Waals surface area contributed by atoms with E-state index < -0.39 is 0 Å². The summed E-state index contributed by atoms with van der Waals surface area (Å²) >= 11 is 1.66. The molecule has 0 saturated heterocycles. The molecule has 1 amide bonds. The van der Waals surface area contributed by atoms with E-state index in [1.54, 1.807) is 11.8 Å². The van der Waals surface area contributed by atoms with Gasteiger partial charge in [-0.3, -0.25) is 4.79 Å². The monoisotopic (exact) mass is 265 g/mol. The number of ether oxygens (including phenoxy) is 1. The number of hydrogen-bond acceptors (Lipinski definition) is 3. The smallest absolute Gasteiger partial charge is 0.230 e. The molecule has 18 heavy (non-hydrogen) atoms. The van der Waals surface area contributed by atoms with Gasteiger partial charge in [-0.1, -0.05) is 32.0 Å². The van der Waals surface area contributed by atoms with Crippen molar-refractivity contribution >= 4 is 17.7 Å². The highest BCUT2D eigenvalue weighted by Gasteiger charge is 2.22. The molecule has 0 saturated carbocycles. The molecule has 1 aliphatic heterocycles. The van der Waals surface area contributed by atoms with Crippen molar-refractivity contribution in [1.82, 2.24) is 5.32 Å². The van der Waals surface area contributed by atoms with Crippen molar-refractivity contribution in [3.05, 3.63) is 29.8 Å². The first-order valence-corrected chi connectivity index (χ1v) is 7.33. The lowest BCUT2D eigenvalue weighted by Crippen LogP contribution is -2.35. The van der Waals surface area contributed by atoms with Crippen LogP contribution in [0.3, 0.4) is 0 Å². The highest BCUT2D eigenvalue weighted by molar-refractivity contribution is 8.00. The van der Waals surface area contributed by atoms with E-state index in [9.17, 15) is 4.79 Å². The van der Waals surface area contributed by atoms with Gasteiger partial charge < -0.3 is 10.1 Å². The Hall–Kier alpha value is -1.16. The van der Waals surface area contributed by atoms with Gasteiger partial charge in [0.2, 0.25) is 5.91 Å². The molecule has 1 aliphatic rings. The molecule has 98 valence electrons. The predicted octanol–water partition coefficient (Wildman–Crippen LogP) is 2.25. The van der Waals surface area contributed by atoms with E-state index in [0.29, 0.717) is 17.5 Å². The number of benzene rings is 1. The van der Waals surface area contributed by atoms with Crippen molar-refractivity contribution in [3.8, 4) is 5.75 Å². The number of para-hydroxylation sites is 1. The summed E-state index contributed by atoms with van der Waals surface area (Å²) in [4.78, 5) is 11.6. The first-order chi connectivity index (χ1) is 8.65. The maximum atomic E-state index is 11.6. The molecule has 0 spiro atoms. The molecule has 0 aromatic heterocycles. The zero-order valence-corrected chi connectivity index (χ0v) is 11.6. The lowest BCUT2D eigenvalue weighted by atomic mass is 10.1. The first-order valence-electron chi connectivity index (χ1n) is 6.28. The van der Waals surface area contributed by atoms with E-state index in [-0.39, 0.29) is 12.0 Å². The summed E-state index contributed by atoms with van der Waals surface area (Å²) in [5.41, 5.74) is 1.23. The Bertz CT molecular complexity index is 395. The molecule has 2 rings (SSSR count). The molecule has 1 aromatic carbocycles. The number of fused-ring (bicyclic) bond motifs is 1. The van der Waals surface area contributed by atoms with Gasteiger partial charge in [0.15, 0.2) is 0 Å². The number of hydrogen-bond donors (Lipinski definition) is 1. The summed E-state index contributed by atoms with van der Waals surface area (Å²) in [7, 11) is 0. The van der Waals surface area contributed by atoms with Crippen LogP contribution in [0.5, 0.6) is 5.75 Å². The van der Waals surface area contributed by atoms with Crippen LogP contribution in [0.4, 0.5) is 0 Å². The minimum absolute atomic E-state index is 0.0791. The fourth-order valence-electron chi connectivity index (χ4n) is 1.89. The molecule has 1 heterocycles. The van der Waals surface area contributed by atoms with E-state index in [1.807, 2.05) is 18.2 Å².